The van der Waals surface area contributed by atoms with Crippen LogP contribution in [0.1, 0.15) is 45.4 Å². The fraction of sp³-hybridized carbons (Fsp3) is 0.524. The zero-order valence-electron chi connectivity index (χ0n) is 20.1. The van der Waals surface area contributed by atoms with Crippen molar-refractivity contribution >= 4 is 29.8 Å². The second-order valence-electron chi connectivity index (χ2n) is 6.82. The molecule has 2 aromatic rings. The van der Waals surface area contributed by atoms with Crippen LogP contribution >= 0.6 is 0 Å². The predicted octanol–water partition coefficient (Wildman–Crippen LogP) is 3.00. The van der Waals surface area contributed by atoms with Gasteiger partial charge in [0.15, 0.2) is 11.4 Å². The van der Waals surface area contributed by atoms with Gasteiger partial charge in [0, 0.05) is 0 Å². The molecule has 0 aromatic carbocycles. The van der Waals surface area contributed by atoms with Gasteiger partial charge in [-0.05, 0) is 45.7 Å². The molecule has 1 saturated heterocycles. The van der Waals surface area contributed by atoms with Gasteiger partial charge in [0.1, 0.15) is 30.6 Å². The fourth-order valence-electron chi connectivity index (χ4n) is 2.98. The maximum absolute atomic E-state index is 11.3. The van der Waals surface area contributed by atoms with E-state index in [0.717, 1.165) is 5.69 Å². The lowest BCUT2D eigenvalue weighted by Crippen LogP contribution is -2.33. The normalized spacial score (nSPS) is 17.9. The van der Waals surface area contributed by atoms with E-state index in [1.54, 1.807) is 31.4 Å². The molecule has 0 amide bonds. The summed E-state index contributed by atoms with van der Waals surface area (Å²) >= 11 is 0. The number of nitriles is 1. The lowest BCUT2D eigenvalue weighted by molar-refractivity contribution is -0.0544. The van der Waals surface area contributed by atoms with E-state index in [1.165, 1.54) is 6.33 Å². The Morgan fingerprint density at radius 1 is 1.14 bits per heavy atom. The van der Waals surface area contributed by atoms with Gasteiger partial charge >= 0.3 is 18.5 Å². The van der Waals surface area contributed by atoms with Crippen molar-refractivity contribution in [2.24, 2.45) is 0 Å². The van der Waals surface area contributed by atoms with Gasteiger partial charge in [-0.1, -0.05) is 0 Å². The Labute approximate surface area is 206 Å². The third-order valence-electron chi connectivity index (χ3n) is 4.44. The number of carbonyl (C=O) groups is 3. The summed E-state index contributed by atoms with van der Waals surface area (Å²) in [5, 5.41) is 29.0. The zero-order chi connectivity index (χ0) is 27.1. The number of hydrogen-bond donors (Lipinski definition) is 3. The molecular formula is C21H29N5O10. The van der Waals surface area contributed by atoms with Crippen LogP contribution in [0.25, 0.3) is 5.52 Å². The molecule has 36 heavy (non-hydrogen) atoms. The van der Waals surface area contributed by atoms with Crippen LogP contribution < -0.4 is 5.73 Å². The first kappa shape index (κ1) is 29.7. The summed E-state index contributed by atoms with van der Waals surface area (Å²) in [4.78, 5) is 34.0. The second kappa shape index (κ2) is 14.8. The number of nitrogens with two attached hydrogens (primary N) is 1. The second-order valence-corrected chi connectivity index (χ2v) is 6.82. The maximum Gasteiger partial charge on any atom is 0.508 e. The van der Waals surface area contributed by atoms with Crippen molar-refractivity contribution in [3.8, 4) is 6.07 Å². The molecule has 2 atom stereocenters. The van der Waals surface area contributed by atoms with E-state index in [-0.39, 0.29) is 32.5 Å². The predicted molar refractivity (Wildman–Crippen MR) is 121 cm³/mol. The van der Waals surface area contributed by atoms with Crippen LogP contribution in [-0.2, 0) is 23.7 Å². The number of ether oxygens (including phenoxy) is 5. The van der Waals surface area contributed by atoms with Gasteiger partial charge in [-0.2, -0.15) is 10.4 Å². The van der Waals surface area contributed by atoms with Crippen LogP contribution in [0, 0.1) is 11.3 Å². The Kier molecular flexibility index (Phi) is 12.2. The van der Waals surface area contributed by atoms with Crippen molar-refractivity contribution in [1.82, 2.24) is 14.6 Å². The quantitative estimate of drug-likeness (QED) is 0.375. The molecule has 0 spiro atoms. The summed E-state index contributed by atoms with van der Waals surface area (Å²) in [5.41, 5.74) is 6.07. The minimum Gasteiger partial charge on any atom is -0.450 e. The topological polar surface area (TPSA) is 218 Å². The van der Waals surface area contributed by atoms with Gasteiger partial charge in [0.05, 0.1) is 25.5 Å². The molecule has 2 unspecified atom stereocenters. The first-order valence-corrected chi connectivity index (χ1v) is 10.8. The summed E-state index contributed by atoms with van der Waals surface area (Å²) in [6.07, 6.45) is -1.20. The maximum atomic E-state index is 11.3. The average molecular weight is 511 g/mol. The minimum absolute atomic E-state index is 0.181. The molecule has 0 radical (unpaired) electrons. The van der Waals surface area contributed by atoms with Gasteiger partial charge in [-0.25, -0.2) is 23.9 Å². The summed E-state index contributed by atoms with van der Waals surface area (Å²) < 4.78 is 25.1. The van der Waals surface area contributed by atoms with Gasteiger partial charge in [0.25, 0.3) is 0 Å². The molecule has 3 rings (SSSR count). The van der Waals surface area contributed by atoms with Gasteiger partial charge in [-0.3, -0.25) is 0 Å². The number of carbonyl (C=O) groups excluding carboxylic acids is 1. The van der Waals surface area contributed by atoms with Crippen molar-refractivity contribution in [2.45, 2.75) is 45.3 Å². The third kappa shape index (κ3) is 9.14. The lowest BCUT2D eigenvalue weighted by atomic mass is 10.0. The Bertz CT molecular complexity index is 1040. The van der Waals surface area contributed by atoms with Crippen LogP contribution in [0.2, 0.25) is 0 Å². The standard InChI is InChI=1S/C15H17N5O4.2C3H6O3/c1-2-22-14(21)23-8-15(7-16)6-5-12(24-15)10-3-4-11-13(17)18-9-19-20(10)11;2*1-2-6-3(4)5/h3-4,9,12H,2,5-6,8H2,1H3,(H2,17,18,19);2*2H2,1H3,(H,4,5). The van der Waals surface area contributed by atoms with Crippen molar-refractivity contribution < 1.29 is 48.3 Å². The van der Waals surface area contributed by atoms with Crippen LogP contribution in [0.15, 0.2) is 18.5 Å². The number of carboxylic acid groups (broad SMARTS) is 2. The summed E-state index contributed by atoms with van der Waals surface area (Å²) in [6, 6.07) is 5.74. The number of aromatic nitrogens is 3. The Morgan fingerprint density at radius 2 is 1.75 bits per heavy atom. The monoisotopic (exact) mass is 511 g/mol. The Balaban J connectivity index is 0.000000450. The van der Waals surface area contributed by atoms with E-state index >= 15 is 0 Å². The average Bonchev–Trinajstić information content (AvgIpc) is 3.44. The van der Waals surface area contributed by atoms with Crippen LogP contribution in [0.3, 0.4) is 0 Å². The SMILES string of the molecule is CCOC(=O)O.CCOC(=O)O.CCOC(=O)OCC1(C#N)CCC(c2ccc3c(N)ncnn23)O1. The highest BCUT2D eigenvalue weighted by Crippen LogP contribution is 2.40. The van der Waals surface area contributed by atoms with Crippen molar-refractivity contribution in [3.63, 3.8) is 0 Å². The third-order valence-corrected chi connectivity index (χ3v) is 4.44. The van der Waals surface area contributed by atoms with Crippen LogP contribution in [-0.4, -0.2) is 75.3 Å². The molecule has 3 heterocycles. The largest absolute Gasteiger partial charge is 0.508 e. The molecule has 4 N–H and O–H groups in total. The molecular weight excluding hydrogens is 482 g/mol. The highest BCUT2D eigenvalue weighted by Gasteiger charge is 2.43. The molecule has 198 valence electrons. The molecule has 15 nitrogen and oxygen atoms in total. The first-order valence-electron chi connectivity index (χ1n) is 10.8. The van der Waals surface area contributed by atoms with E-state index < -0.39 is 24.1 Å². The highest BCUT2D eigenvalue weighted by atomic mass is 16.7. The molecule has 0 saturated carbocycles. The number of nitrogens with zero attached hydrogens (tertiary/aromatic N) is 4. The van der Waals surface area contributed by atoms with Crippen molar-refractivity contribution in [3.05, 3.63) is 24.2 Å². The van der Waals surface area contributed by atoms with Gasteiger partial charge in [0.2, 0.25) is 0 Å². The van der Waals surface area contributed by atoms with E-state index in [9.17, 15) is 19.6 Å². The van der Waals surface area contributed by atoms with Crippen LogP contribution in [0.5, 0.6) is 0 Å². The van der Waals surface area contributed by atoms with E-state index in [4.69, 9.17) is 30.2 Å². The van der Waals surface area contributed by atoms with E-state index in [0.29, 0.717) is 24.2 Å². The van der Waals surface area contributed by atoms with Gasteiger partial charge in [-0.15, -0.1) is 0 Å². The lowest BCUT2D eigenvalue weighted by Gasteiger charge is -2.21. The van der Waals surface area contributed by atoms with Gasteiger partial charge < -0.3 is 39.6 Å². The number of hydrogen-bond acceptors (Lipinski definition) is 12. The number of rotatable bonds is 6. The smallest absolute Gasteiger partial charge is 0.450 e. The zero-order valence-corrected chi connectivity index (χ0v) is 20.1. The molecule has 0 bridgehead atoms. The molecule has 2 aromatic heterocycles. The Hall–Kier alpha value is -4.32. The molecule has 0 aliphatic carbocycles. The fourth-order valence-corrected chi connectivity index (χ4v) is 2.98. The first-order chi connectivity index (χ1) is 17.1. The van der Waals surface area contributed by atoms with Crippen LogP contribution in [0.4, 0.5) is 20.2 Å². The van der Waals surface area contributed by atoms with Crippen molar-refractivity contribution in [2.75, 3.05) is 32.2 Å². The molecule has 1 fully saturated rings. The number of fused-ring (bicyclic) bond motifs is 1. The van der Waals surface area contributed by atoms with E-state index in [1.807, 2.05) is 6.07 Å². The summed E-state index contributed by atoms with van der Waals surface area (Å²) in [6.45, 7) is 5.40. The molecule has 1 aliphatic heterocycles. The summed E-state index contributed by atoms with van der Waals surface area (Å²) in [7, 11) is 0. The van der Waals surface area contributed by atoms with Crippen molar-refractivity contribution in [1.29, 1.82) is 5.26 Å². The highest BCUT2D eigenvalue weighted by molar-refractivity contribution is 5.65. The number of nitrogen functional groups attached to an aromatic ring is 1. The molecule has 15 heteroatoms. The minimum atomic E-state index is -1.21. The van der Waals surface area contributed by atoms with E-state index in [2.05, 4.69) is 25.6 Å². The summed E-state index contributed by atoms with van der Waals surface area (Å²) in [5.74, 6) is 0.367. The molecule has 1 aliphatic rings. The number of anilines is 1. The Morgan fingerprint density at radius 3 is 2.25 bits per heavy atom.